The zero-order chi connectivity index (χ0) is 14.6. The summed E-state index contributed by atoms with van der Waals surface area (Å²) in [5.41, 5.74) is 0. The molecule has 0 saturated heterocycles. The molecule has 1 aliphatic rings. The fourth-order valence-electron chi connectivity index (χ4n) is 2.43. The molecule has 1 N–H and O–H groups in total. The van der Waals surface area contributed by atoms with E-state index in [4.69, 9.17) is 0 Å². The van der Waals surface area contributed by atoms with Gasteiger partial charge in [-0.15, -0.1) is 11.3 Å². The van der Waals surface area contributed by atoms with Crippen molar-refractivity contribution in [1.29, 1.82) is 0 Å². The Morgan fingerprint density at radius 1 is 1.40 bits per heavy atom. The van der Waals surface area contributed by atoms with E-state index in [0.717, 1.165) is 11.4 Å². The molecule has 0 unspecified atom stereocenters. The van der Waals surface area contributed by atoms with Crippen LogP contribution in [0.15, 0.2) is 16.3 Å². The van der Waals surface area contributed by atoms with Gasteiger partial charge in [0.25, 0.3) is 0 Å². The van der Waals surface area contributed by atoms with Crippen LogP contribution in [0.3, 0.4) is 0 Å². The Morgan fingerprint density at radius 2 is 2.15 bits per heavy atom. The van der Waals surface area contributed by atoms with Crippen LogP contribution in [-0.2, 0) is 16.6 Å². The number of hydrogen-bond donors (Lipinski definition) is 1. The second kappa shape index (κ2) is 7.02. The van der Waals surface area contributed by atoms with E-state index in [1.807, 2.05) is 19.2 Å². The number of rotatable bonds is 8. The molecule has 1 aromatic rings. The molecule has 0 atom stereocenters. The van der Waals surface area contributed by atoms with Gasteiger partial charge >= 0.3 is 0 Å². The molecule has 4 nitrogen and oxygen atoms in total. The van der Waals surface area contributed by atoms with Gasteiger partial charge in [-0.25, -0.2) is 8.42 Å². The lowest BCUT2D eigenvalue weighted by Gasteiger charge is -2.31. The van der Waals surface area contributed by atoms with Gasteiger partial charge < -0.3 is 5.32 Å². The number of nitrogens with zero attached hydrogens (tertiary/aromatic N) is 1. The largest absolute Gasteiger partial charge is 0.312 e. The van der Waals surface area contributed by atoms with Crippen LogP contribution >= 0.6 is 11.3 Å². The summed E-state index contributed by atoms with van der Waals surface area (Å²) >= 11 is 1.51. The van der Waals surface area contributed by atoms with Crippen LogP contribution in [-0.4, -0.2) is 32.4 Å². The Bertz CT molecular complexity index is 521. The maximum atomic E-state index is 12.8. The topological polar surface area (TPSA) is 49.4 Å². The molecule has 1 fully saturated rings. The SMILES string of the molecule is CCNCc1sccc1S(=O)(=O)N(CC)CC1CCC1. The predicted molar refractivity (Wildman–Crippen MR) is 83.5 cm³/mol. The average molecular weight is 316 g/mol. The summed E-state index contributed by atoms with van der Waals surface area (Å²) in [7, 11) is -3.34. The third-order valence-corrected chi connectivity index (χ3v) is 6.97. The molecular weight excluding hydrogens is 292 g/mol. The second-order valence-electron chi connectivity index (χ2n) is 5.24. The summed E-state index contributed by atoms with van der Waals surface area (Å²) in [4.78, 5) is 1.41. The van der Waals surface area contributed by atoms with E-state index in [-0.39, 0.29) is 0 Å². The van der Waals surface area contributed by atoms with Crippen LogP contribution in [0.1, 0.15) is 38.0 Å². The summed E-state index contributed by atoms with van der Waals surface area (Å²) in [6, 6.07) is 1.75. The van der Waals surface area contributed by atoms with Gasteiger partial charge in [0.1, 0.15) is 0 Å². The van der Waals surface area contributed by atoms with Gasteiger partial charge in [0.2, 0.25) is 10.0 Å². The van der Waals surface area contributed by atoms with E-state index in [1.54, 1.807) is 10.4 Å². The molecule has 0 bridgehead atoms. The van der Waals surface area contributed by atoms with Crippen LogP contribution in [0.4, 0.5) is 0 Å². The van der Waals surface area contributed by atoms with Crippen molar-refractivity contribution in [2.45, 2.75) is 44.6 Å². The third kappa shape index (κ3) is 3.42. The Kier molecular flexibility index (Phi) is 5.60. The molecule has 6 heteroatoms. The van der Waals surface area contributed by atoms with Gasteiger partial charge in [0, 0.05) is 24.5 Å². The minimum absolute atomic E-state index is 0.490. The highest BCUT2D eigenvalue weighted by Crippen LogP contribution is 2.31. The van der Waals surface area contributed by atoms with Gasteiger partial charge in [-0.2, -0.15) is 4.31 Å². The van der Waals surface area contributed by atoms with Crippen molar-refractivity contribution >= 4 is 21.4 Å². The predicted octanol–water partition coefficient (Wildman–Crippen LogP) is 2.67. The summed E-state index contributed by atoms with van der Waals surface area (Å²) in [6.45, 7) is 6.65. The molecule has 1 heterocycles. The molecule has 1 aliphatic carbocycles. The number of nitrogens with one attached hydrogen (secondary N) is 1. The van der Waals surface area contributed by atoms with E-state index >= 15 is 0 Å². The van der Waals surface area contributed by atoms with Crippen LogP contribution in [0.5, 0.6) is 0 Å². The van der Waals surface area contributed by atoms with E-state index in [2.05, 4.69) is 5.32 Å². The minimum Gasteiger partial charge on any atom is -0.312 e. The van der Waals surface area contributed by atoms with Crippen molar-refractivity contribution in [2.75, 3.05) is 19.6 Å². The lowest BCUT2D eigenvalue weighted by molar-refractivity contribution is 0.250. The fourth-order valence-corrected chi connectivity index (χ4v) is 5.34. The van der Waals surface area contributed by atoms with Crippen LogP contribution in [0, 0.1) is 5.92 Å². The van der Waals surface area contributed by atoms with Crippen molar-refractivity contribution in [3.05, 3.63) is 16.3 Å². The normalized spacial score (nSPS) is 16.6. The van der Waals surface area contributed by atoms with Crippen molar-refractivity contribution in [2.24, 2.45) is 5.92 Å². The van der Waals surface area contributed by atoms with E-state index < -0.39 is 10.0 Å². The fraction of sp³-hybridized carbons (Fsp3) is 0.714. The van der Waals surface area contributed by atoms with Gasteiger partial charge in [0.15, 0.2) is 0 Å². The van der Waals surface area contributed by atoms with E-state index in [9.17, 15) is 8.42 Å². The zero-order valence-electron chi connectivity index (χ0n) is 12.3. The highest BCUT2D eigenvalue weighted by atomic mass is 32.2. The van der Waals surface area contributed by atoms with Gasteiger partial charge in [-0.1, -0.05) is 20.3 Å². The van der Waals surface area contributed by atoms with E-state index in [0.29, 0.717) is 30.4 Å². The van der Waals surface area contributed by atoms with Crippen LogP contribution in [0.2, 0.25) is 0 Å². The van der Waals surface area contributed by atoms with Crippen LogP contribution < -0.4 is 5.32 Å². The Hall–Kier alpha value is -0.430. The van der Waals surface area contributed by atoms with Gasteiger partial charge in [-0.3, -0.25) is 0 Å². The first kappa shape index (κ1) is 15.9. The van der Waals surface area contributed by atoms with Crippen LogP contribution in [0.25, 0.3) is 0 Å². The molecule has 1 aromatic heterocycles. The highest BCUT2D eigenvalue weighted by molar-refractivity contribution is 7.89. The monoisotopic (exact) mass is 316 g/mol. The quantitative estimate of drug-likeness (QED) is 0.802. The third-order valence-electron chi connectivity index (χ3n) is 3.90. The summed E-state index contributed by atoms with van der Waals surface area (Å²) < 4.78 is 27.2. The van der Waals surface area contributed by atoms with E-state index in [1.165, 1.54) is 30.6 Å². The lowest BCUT2D eigenvalue weighted by atomic mass is 9.85. The Balaban J connectivity index is 2.16. The summed E-state index contributed by atoms with van der Waals surface area (Å²) in [6.07, 6.45) is 3.58. The van der Waals surface area contributed by atoms with Gasteiger partial charge in [0.05, 0.1) is 4.90 Å². The highest BCUT2D eigenvalue weighted by Gasteiger charge is 2.30. The molecule has 0 aliphatic heterocycles. The molecular formula is C14H24N2O2S2. The maximum Gasteiger partial charge on any atom is 0.244 e. The standard InChI is InChI=1S/C14H24N2O2S2/c1-3-15-10-13-14(8-9-19-13)20(17,18)16(4-2)11-12-6-5-7-12/h8-9,12,15H,3-7,10-11H2,1-2H3. The molecule has 0 aromatic carbocycles. The lowest BCUT2D eigenvalue weighted by Crippen LogP contribution is -2.37. The molecule has 1 saturated carbocycles. The van der Waals surface area contributed by atoms with Gasteiger partial charge in [-0.05, 0) is 36.8 Å². The van der Waals surface area contributed by atoms with Crippen molar-refractivity contribution in [3.63, 3.8) is 0 Å². The molecule has 114 valence electrons. The molecule has 2 rings (SSSR count). The first-order valence-electron chi connectivity index (χ1n) is 7.36. The van der Waals surface area contributed by atoms with Crippen molar-refractivity contribution in [1.82, 2.24) is 9.62 Å². The summed E-state index contributed by atoms with van der Waals surface area (Å²) in [5.74, 6) is 0.556. The summed E-state index contributed by atoms with van der Waals surface area (Å²) in [5, 5.41) is 5.08. The van der Waals surface area contributed by atoms with Crippen molar-refractivity contribution < 1.29 is 8.42 Å². The first-order valence-corrected chi connectivity index (χ1v) is 9.68. The molecule has 0 spiro atoms. The smallest absolute Gasteiger partial charge is 0.244 e. The molecule has 0 radical (unpaired) electrons. The second-order valence-corrected chi connectivity index (χ2v) is 8.15. The number of sulfonamides is 1. The number of thiophene rings is 1. The molecule has 0 amide bonds. The average Bonchev–Trinajstić information content (AvgIpc) is 2.83. The molecule has 20 heavy (non-hydrogen) atoms. The zero-order valence-corrected chi connectivity index (χ0v) is 13.9. The first-order chi connectivity index (χ1) is 9.59. The maximum absolute atomic E-state index is 12.8. The number of hydrogen-bond acceptors (Lipinski definition) is 4. The minimum atomic E-state index is -3.34. The Morgan fingerprint density at radius 3 is 2.70 bits per heavy atom. The Labute approximate surface area is 126 Å². The van der Waals surface area contributed by atoms with Crippen molar-refractivity contribution in [3.8, 4) is 0 Å².